The molecule has 0 spiro atoms. The van der Waals surface area contributed by atoms with Gasteiger partial charge in [-0.15, -0.1) is 16.4 Å². The lowest BCUT2D eigenvalue weighted by atomic mass is 9.98. The van der Waals surface area contributed by atoms with E-state index >= 15 is 0 Å². The molecule has 0 atom stereocenters. The number of rotatable bonds is 4. The normalized spacial score (nSPS) is 14.6. The predicted octanol–water partition coefficient (Wildman–Crippen LogP) is 4.82. The Morgan fingerprint density at radius 1 is 1.16 bits per heavy atom. The van der Waals surface area contributed by atoms with Crippen LogP contribution in [0.4, 0.5) is 19.4 Å². The van der Waals surface area contributed by atoms with Crippen LogP contribution in [0, 0.1) is 11.6 Å². The van der Waals surface area contributed by atoms with Gasteiger partial charge in [0.05, 0.1) is 15.4 Å². The number of tetrazole rings is 1. The molecule has 1 aliphatic rings. The molecule has 1 aromatic carbocycles. The maximum absolute atomic E-state index is 14.5. The number of carbonyl (C=O) groups excluding carboxylic acids is 1. The number of anilines is 1. The van der Waals surface area contributed by atoms with Crippen molar-refractivity contribution in [2.24, 2.45) is 0 Å². The lowest BCUT2D eigenvalue weighted by Crippen LogP contribution is -2.41. The van der Waals surface area contributed by atoms with E-state index in [4.69, 9.17) is 10.5 Å². The van der Waals surface area contributed by atoms with Crippen molar-refractivity contribution in [2.45, 2.75) is 45.1 Å². The zero-order chi connectivity index (χ0) is 27.0. The summed E-state index contributed by atoms with van der Waals surface area (Å²) in [6.45, 7) is 6.76. The minimum atomic E-state index is -1.08. The summed E-state index contributed by atoms with van der Waals surface area (Å²) in [6, 6.07) is 5.51. The molecule has 13 heteroatoms. The van der Waals surface area contributed by atoms with Crippen LogP contribution in [0.15, 0.2) is 36.7 Å². The Bertz CT molecular complexity index is 1470. The summed E-state index contributed by atoms with van der Waals surface area (Å²) < 4.78 is 34.9. The number of aromatic nitrogens is 6. The molecular weight excluding hydrogens is 514 g/mol. The Labute approximate surface area is 221 Å². The molecule has 1 aliphatic heterocycles. The molecule has 1 fully saturated rings. The van der Waals surface area contributed by atoms with Gasteiger partial charge in [0.25, 0.3) is 0 Å². The van der Waals surface area contributed by atoms with Gasteiger partial charge in [-0.2, -0.15) is 4.68 Å². The number of pyridine rings is 1. The minimum Gasteiger partial charge on any atom is -0.444 e. The minimum absolute atomic E-state index is 0.126. The predicted molar refractivity (Wildman–Crippen MR) is 138 cm³/mol. The molecule has 4 aromatic rings. The Morgan fingerprint density at radius 2 is 1.92 bits per heavy atom. The largest absolute Gasteiger partial charge is 0.444 e. The Hall–Kier alpha value is -4.00. The van der Waals surface area contributed by atoms with Gasteiger partial charge in [0, 0.05) is 37.0 Å². The first-order valence-corrected chi connectivity index (χ1v) is 12.8. The topological polar surface area (TPSA) is 125 Å². The first-order chi connectivity index (χ1) is 18.1. The number of thiazole rings is 1. The summed E-state index contributed by atoms with van der Waals surface area (Å²) in [6.07, 6.45) is 4.67. The van der Waals surface area contributed by atoms with Crippen LogP contribution in [-0.4, -0.2) is 59.9 Å². The Morgan fingerprint density at radius 3 is 2.66 bits per heavy atom. The molecular formula is C25H26F2N8O2S. The van der Waals surface area contributed by atoms with Crippen molar-refractivity contribution in [3.05, 3.63) is 53.3 Å². The standard InChI is InChI=1S/C25H26F2N8O2S/c1-25(2,3)37-24(36)34-9-7-14(8-10-34)23-30-13-19(38-23)15-11-16(21(28)29-12-15)22-31-32-33-35(22)18-6-4-5-17(26)20(18)27/h4-6,11-14H,7-10H2,1-3H3,(H2,28,29). The number of nitrogens with two attached hydrogens (primary N) is 1. The number of ether oxygens (including phenoxy) is 1. The highest BCUT2D eigenvalue weighted by atomic mass is 32.1. The van der Waals surface area contributed by atoms with Gasteiger partial charge < -0.3 is 15.4 Å². The van der Waals surface area contributed by atoms with Crippen molar-refractivity contribution in [1.29, 1.82) is 0 Å². The molecule has 10 nitrogen and oxygen atoms in total. The first-order valence-electron chi connectivity index (χ1n) is 12.0. The summed E-state index contributed by atoms with van der Waals surface area (Å²) in [5, 5.41) is 12.4. The number of carbonyl (C=O) groups is 1. The first kappa shape index (κ1) is 25.6. The van der Waals surface area contributed by atoms with Crippen LogP contribution < -0.4 is 5.73 Å². The fraction of sp³-hybridized carbons (Fsp3) is 0.360. The van der Waals surface area contributed by atoms with E-state index in [2.05, 4.69) is 25.5 Å². The van der Waals surface area contributed by atoms with Crippen molar-refractivity contribution >= 4 is 23.2 Å². The smallest absolute Gasteiger partial charge is 0.410 e. The van der Waals surface area contributed by atoms with Crippen molar-refractivity contribution in [3.63, 3.8) is 0 Å². The summed E-state index contributed by atoms with van der Waals surface area (Å²) in [4.78, 5) is 23.9. The Kier molecular flexibility index (Phi) is 6.78. The van der Waals surface area contributed by atoms with E-state index in [1.54, 1.807) is 23.4 Å². The number of piperidine rings is 1. The van der Waals surface area contributed by atoms with Gasteiger partial charge in [0.15, 0.2) is 17.5 Å². The fourth-order valence-electron chi connectivity index (χ4n) is 4.21. The van der Waals surface area contributed by atoms with Gasteiger partial charge in [-0.05, 0) is 62.2 Å². The number of benzene rings is 1. The maximum atomic E-state index is 14.5. The third-order valence-electron chi connectivity index (χ3n) is 6.09. The van der Waals surface area contributed by atoms with Crippen LogP contribution in [0.3, 0.4) is 0 Å². The van der Waals surface area contributed by atoms with Crippen molar-refractivity contribution in [3.8, 4) is 27.5 Å². The summed E-state index contributed by atoms with van der Waals surface area (Å²) in [5.41, 5.74) is 6.56. The summed E-state index contributed by atoms with van der Waals surface area (Å²) in [5.74, 6) is -1.61. The lowest BCUT2D eigenvalue weighted by molar-refractivity contribution is 0.0205. The second-order valence-corrected chi connectivity index (χ2v) is 11.0. The molecule has 0 unspecified atom stereocenters. The molecule has 3 aromatic heterocycles. The van der Waals surface area contributed by atoms with Gasteiger partial charge in [-0.1, -0.05) is 6.07 Å². The van der Waals surface area contributed by atoms with Crippen LogP contribution in [0.25, 0.3) is 27.5 Å². The second-order valence-electron chi connectivity index (χ2n) is 9.95. The highest BCUT2D eigenvalue weighted by Crippen LogP contribution is 2.37. The highest BCUT2D eigenvalue weighted by molar-refractivity contribution is 7.15. The van der Waals surface area contributed by atoms with Gasteiger partial charge in [0.2, 0.25) is 0 Å². The van der Waals surface area contributed by atoms with Gasteiger partial charge >= 0.3 is 6.09 Å². The monoisotopic (exact) mass is 540 g/mol. The molecule has 4 heterocycles. The summed E-state index contributed by atoms with van der Waals surface area (Å²) >= 11 is 1.53. The third-order valence-corrected chi connectivity index (χ3v) is 7.30. The summed E-state index contributed by atoms with van der Waals surface area (Å²) in [7, 11) is 0. The average molecular weight is 541 g/mol. The zero-order valence-electron chi connectivity index (χ0n) is 21.1. The molecule has 38 heavy (non-hydrogen) atoms. The van der Waals surface area contributed by atoms with Crippen LogP contribution >= 0.6 is 11.3 Å². The molecule has 1 amide bonds. The molecule has 0 bridgehead atoms. The number of hydrogen-bond acceptors (Lipinski definition) is 9. The number of amides is 1. The van der Waals surface area contributed by atoms with Crippen molar-refractivity contribution < 1.29 is 18.3 Å². The molecule has 5 rings (SSSR count). The molecule has 1 saturated heterocycles. The van der Waals surface area contributed by atoms with E-state index in [9.17, 15) is 13.6 Å². The number of hydrogen-bond donors (Lipinski definition) is 1. The zero-order valence-corrected chi connectivity index (χ0v) is 21.9. The molecule has 0 radical (unpaired) electrons. The van der Waals surface area contributed by atoms with E-state index in [0.717, 1.165) is 39.0 Å². The molecule has 2 N–H and O–H groups in total. The molecule has 198 valence electrons. The van der Waals surface area contributed by atoms with E-state index in [1.807, 2.05) is 20.8 Å². The Balaban J connectivity index is 1.36. The fourth-order valence-corrected chi connectivity index (χ4v) is 5.28. The van der Waals surface area contributed by atoms with Crippen LogP contribution in [0.1, 0.15) is 44.5 Å². The van der Waals surface area contributed by atoms with Gasteiger partial charge in [0.1, 0.15) is 17.1 Å². The van der Waals surface area contributed by atoms with Crippen LogP contribution in [-0.2, 0) is 4.74 Å². The van der Waals surface area contributed by atoms with Gasteiger partial charge in [-0.25, -0.2) is 23.5 Å². The number of likely N-dealkylation sites (tertiary alicyclic amines) is 1. The maximum Gasteiger partial charge on any atom is 0.410 e. The lowest BCUT2D eigenvalue weighted by Gasteiger charge is -2.32. The molecule has 0 saturated carbocycles. The van der Waals surface area contributed by atoms with Crippen molar-refractivity contribution in [2.75, 3.05) is 18.8 Å². The average Bonchev–Trinajstić information content (AvgIpc) is 3.56. The van der Waals surface area contributed by atoms with E-state index in [-0.39, 0.29) is 29.3 Å². The van der Waals surface area contributed by atoms with E-state index in [1.165, 1.54) is 23.5 Å². The number of halogens is 2. The number of nitrogens with zero attached hydrogens (tertiary/aromatic N) is 7. The molecule has 0 aliphatic carbocycles. The third kappa shape index (κ3) is 5.19. The van der Waals surface area contributed by atoms with Crippen LogP contribution in [0.2, 0.25) is 0 Å². The van der Waals surface area contributed by atoms with E-state index in [0.29, 0.717) is 18.7 Å². The van der Waals surface area contributed by atoms with Crippen molar-refractivity contribution in [1.82, 2.24) is 35.1 Å². The SMILES string of the molecule is CC(C)(C)OC(=O)N1CCC(c2ncc(-c3cnc(N)c(-c4nnnn4-c4cccc(F)c4F)c3)s2)CC1. The van der Waals surface area contributed by atoms with E-state index < -0.39 is 17.2 Å². The van der Waals surface area contributed by atoms with Gasteiger partial charge in [-0.3, -0.25) is 0 Å². The second kappa shape index (κ2) is 10.0. The quantitative estimate of drug-likeness (QED) is 0.391. The highest BCUT2D eigenvalue weighted by Gasteiger charge is 2.29. The number of nitrogen functional groups attached to an aromatic ring is 1. The van der Waals surface area contributed by atoms with Crippen LogP contribution in [0.5, 0.6) is 0 Å².